The van der Waals surface area contributed by atoms with Crippen LogP contribution in [0.2, 0.25) is 10.0 Å². The predicted octanol–water partition coefficient (Wildman–Crippen LogP) is 5.66. The van der Waals surface area contributed by atoms with E-state index < -0.39 is 5.67 Å². The molecule has 0 N–H and O–H groups in total. The fraction of sp³-hybridized carbons (Fsp3) is 0.391. The number of hydrogen-bond donors (Lipinski definition) is 0. The third-order valence-corrected chi connectivity index (χ3v) is 6.81. The molecule has 2 fully saturated rings. The van der Waals surface area contributed by atoms with Crippen molar-refractivity contribution in [3.8, 4) is 11.4 Å². The first-order valence-electron chi connectivity index (χ1n) is 10.4. The second-order valence-electron chi connectivity index (χ2n) is 9.26. The summed E-state index contributed by atoms with van der Waals surface area (Å²) in [4.78, 5) is 23.2. The minimum atomic E-state index is -1.68. The van der Waals surface area contributed by atoms with Crippen LogP contribution in [0.3, 0.4) is 0 Å². The van der Waals surface area contributed by atoms with E-state index in [1.54, 1.807) is 24.4 Å². The summed E-state index contributed by atoms with van der Waals surface area (Å²) in [5.74, 6) is 0.565. The van der Waals surface area contributed by atoms with E-state index in [1.165, 1.54) is 13.8 Å². The molecule has 0 unspecified atom stereocenters. The fourth-order valence-electron chi connectivity index (χ4n) is 4.55. The van der Waals surface area contributed by atoms with Gasteiger partial charge in [0.1, 0.15) is 0 Å². The first-order valence-corrected chi connectivity index (χ1v) is 11.1. The van der Waals surface area contributed by atoms with Gasteiger partial charge in [-0.15, -0.1) is 0 Å². The lowest BCUT2D eigenvalue weighted by Crippen LogP contribution is -2.63. The number of halogens is 3. The lowest BCUT2D eigenvalue weighted by molar-refractivity contribution is -0.0561. The van der Waals surface area contributed by atoms with Gasteiger partial charge in [0.05, 0.1) is 10.6 Å². The summed E-state index contributed by atoms with van der Waals surface area (Å²) < 4.78 is 19.0. The Kier molecular flexibility index (Phi) is 5.02. The molecule has 0 atom stereocenters. The van der Waals surface area contributed by atoms with Crippen molar-refractivity contribution < 1.29 is 13.7 Å². The summed E-state index contributed by atoms with van der Waals surface area (Å²) in [7, 11) is 0. The molecule has 0 radical (unpaired) electrons. The maximum absolute atomic E-state index is 13.9. The highest BCUT2D eigenvalue weighted by atomic mass is 35.5. The van der Waals surface area contributed by atoms with E-state index in [1.807, 2.05) is 17.0 Å². The number of hydrogen-bond acceptors (Lipinski definition) is 5. The van der Waals surface area contributed by atoms with Gasteiger partial charge in [0.25, 0.3) is 11.8 Å². The third kappa shape index (κ3) is 3.77. The van der Waals surface area contributed by atoms with Crippen molar-refractivity contribution in [2.24, 2.45) is 5.41 Å². The Hall–Kier alpha value is -2.51. The molecule has 1 aliphatic heterocycles. The SMILES string of the molecule is CC(C)(F)c1nc(-c2ccc(C3CC4(C3)CN(C(=O)c3ccc(Cl)cc3Cl)C4)nc2)no1. The molecule has 1 aromatic carbocycles. The smallest absolute Gasteiger partial charge is 0.264 e. The van der Waals surface area contributed by atoms with Crippen LogP contribution in [0.4, 0.5) is 4.39 Å². The normalized spacial score (nSPS) is 17.8. The molecule has 2 aromatic heterocycles. The molecule has 3 aromatic rings. The van der Waals surface area contributed by atoms with Crippen molar-refractivity contribution in [3.05, 3.63) is 63.7 Å². The van der Waals surface area contributed by atoms with Gasteiger partial charge in [-0.2, -0.15) is 4.98 Å². The van der Waals surface area contributed by atoms with Gasteiger partial charge in [-0.05, 0) is 57.0 Å². The predicted molar refractivity (Wildman–Crippen MR) is 118 cm³/mol. The van der Waals surface area contributed by atoms with Crippen molar-refractivity contribution in [2.45, 2.75) is 38.3 Å². The van der Waals surface area contributed by atoms with E-state index in [2.05, 4.69) is 15.1 Å². The third-order valence-electron chi connectivity index (χ3n) is 6.26. The molecular formula is C23H21Cl2FN4O2. The number of pyridine rings is 1. The molecular weight excluding hydrogens is 454 g/mol. The minimum absolute atomic E-state index is 0.0542. The molecule has 0 bridgehead atoms. The van der Waals surface area contributed by atoms with Gasteiger partial charge in [-0.25, -0.2) is 4.39 Å². The van der Waals surface area contributed by atoms with Crippen LogP contribution in [0.25, 0.3) is 11.4 Å². The molecule has 1 saturated heterocycles. The van der Waals surface area contributed by atoms with Gasteiger partial charge in [-0.1, -0.05) is 28.4 Å². The minimum Gasteiger partial charge on any atom is -0.337 e. The number of likely N-dealkylation sites (tertiary alicyclic amines) is 1. The standard InChI is InChI=1S/C23H21Cl2FN4O2/c1-22(2,26)21-28-19(29-32-21)13-3-6-18(27-10-13)14-8-23(9-14)11-30(12-23)20(31)16-5-4-15(24)7-17(16)25/h3-7,10,14H,8-9,11-12H2,1-2H3. The molecule has 9 heteroatoms. The molecule has 2 aliphatic rings. The lowest BCUT2D eigenvalue weighted by Gasteiger charge is -2.59. The maximum atomic E-state index is 13.9. The van der Waals surface area contributed by atoms with Crippen molar-refractivity contribution in [1.29, 1.82) is 0 Å². The molecule has 5 rings (SSSR count). The van der Waals surface area contributed by atoms with E-state index in [4.69, 9.17) is 27.7 Å². The van der Waals surface area contributed by atoms with Gasteiger partial charge in [0.2, 0.25) is 5.82 Å². The lowest BCUT2D eigenvalue weighted by atomic mass is 9.57. The monoisotopic (exact) mass is 474 g/mol. The van der Waals surface area contributed by atoms with E-state index in [0.29, 0.717) is 32.9 Å². The maximum Gasteiger partial charge on any atom is 0.264 e. The number of carbonyl (C=O) groups excluding carboxylic acids is 1. The second kappa shape index (κ2) is 7.52. The summed E-state index contributed by atoms with van der Waals surface area (Å²) in [6.45, 7) is 4.20. The molecule has 32 heavy (non-hydrogen) atoms. The number of aromatic nitrogens is 3. The van der Waals surface area contributed by atoms with Crippen LogP contribution in [0, 0.1) is 5.41 Å². The summed E-state index contributed by atoms with van der Waals surface area (Å²) in [5.41, 5.74) is 0.645. The van der Waals surface area contributed by atoms with Gasteiger partial charge in [0, 0.05) is 46.9 Å². The number of amides is 1. The Labute approximate surface area is 194 Å². The van der Waals surface area contributed by atoms with Gasteiger partial charge in [-0.3, -0.25) is 9.78 Å². The Bertz CT molecular complexity index is 1180. The van der Waals surface area contributed by atoms with Gasteiger partial charge in [0.15, 0.2) is 5.67 Å². The van der Waals surface area contributed by atoms with Crippen LogP contribution in [0.5, 0.6) is 0 Å². The zero-order chi connectivity index (χ0) is 22.7. The molecule has 1 amide bonds. The van der Waals surface area contributed by atoms with Crippen LogP contribution in [0.1, 0.15) is 54.5 Å². The molecule has 1 saturated carbocycles. The molecule has 166 valence electrons. The van der Waals surface area contributed by atoms with E-state index >= 15 is 0 Å². The average molecular weight is 475 g/mol. The number of carbonyl (C=O) groups is 1. The highest BCUT2D eigenvalue weighted by Crippen LogP contribution is 2.56. The summed E-state index contributed by atoms with van der Waals surface area (Å²) in [6, 6.07) is 8.78. The summed E-state index contributed by atoms with van der Waals surface area (Å²) in [5, 5.41) is 4.74. The largest absolute Gasteiger partial charge is 0.337 e. The van der Waals surface area contributed by atoms with E-state index in [-0.39, 0.29) is 17.2 Å². The van der Waals surface area contributed by atoms with Crippen LogP contribution < -0.4 is 0 Å². The number of alkyl halides is 1. The number of benzene rings is 1. The number of nitrogens with zero attached hydrogens (tertiary/aromatic N) is 4. The summed E-state index contributed by atoms with van der Waals surface area (Å²) in [6.07, 6.45) is 3.67. The Morgan fingerprint density at radius 3 is 2.56 bits per heavy atom. The zero-order valence-electron chi connectivity index (χ0n) is 17.6. The quantitative estimate of drug-likeness (QED) is 0.487. The van der Waals surface area contributed by atoms with Crippen molar-refractivity contribution in [1.82, 2.24) is 20.0 Å². The van der Waals surface area contributed by atoms with Crippen LogP contribution in [-0.2, 0) is 5.67 Å². The molecule has 3 heterocycles. The van der Waals surface area contributed by atoms with Crippen molar-refractivity contribution in [3.63, 3.8) is 0 Å². The molecule has 1 aliphatic carbocycles. The van der Waals surface area contributed by atoms with Gasteiger partial charge < -0.3 is 9.42 Å². The van der Waals surface area contributed by atoms with Crippen LogP contribution in [0.15, 0.2) is 41.1 Å². The fourth-order valence-corrected chi connectivity index (χ4v) is 5.04. The van der Waals surface area contributed by atoms with Gasteiger partial charge >= 0.3 is 0 Å². The Morgan fingerprint density at radius 2 is 1.97 bits per heavy atom. The topological polar surface area (TPSA) is 72.1 Å². The average Bonchev–Trinajstić information content (AvgIpc) is 3.17. The van der Waals surface area contributed by atoms with Crippen molar-refractivity contribution >= 4 is 29.1 Å². The van der Waals surface area contributed by atoms with E-state index in [9.17, 15) is 9.18 Å². The first kappa shape index (κ1) is 21.3. The molecule has 1 spiro atoms. The van der Waals surface area contributed by atoms with Crippen LogP contribution >= 0.6 is 23.2 Å². The second-order valence-corrected chi connectivity index (χ2v) is 10.1. The molecule has 6 nitrogen and oxygen atoms in total. The Morgan fingerprint density at radius 1 is 1.22 bits per heavy atom. The highest BCUT2D eigenvalue weighted by molar-refractivity contribution is 6.36. The number of rotatable bonds is 4. The van der Waals surface area contributed by atoms with E-state index in [0.717, 1.165) is 31.6 Å². The van der Waals surface area contributed by atoms with Crippen molar-refractivity contribution in [2.75, 3.05) is 13.1 Å². The highest BCUT2D eigenvalue weighted by Gasteiger charge is 2.54. The first-order chi connectivity index (χ1) is 15.1. The Balaban J connectivity index is 1.18. The zero-order valence-corrected chi connectivity index (χ0v) is 19.1. The summed E-state index contributed by atoms with van der Waals surface area (Å²) >= 11 is 12.1. The van der Waals surface area contributed by atoms with Crippen LogP contribution in [-0.4, -0.2) is 39.0 Å².